The van der Waals surface area contributed by atoms with Crippen molar-refractivity contribution in [1.82, 2.24) is 0 Å². The van der Waals surface area contributed by atoms with Crippen molar-refractivity contribution in [3.8, 4) is 44.7 Å². The van der Waals surface area contributed by atoms with Crippen LogP contribution in [0.5, 0.6) is 0 Å². The van der Waals surface area contributed by atoms with E-state index < -0.39 is 0 Å². The molecule has 1 aromatic heterocycles. The maximum Gasteiger partial charge on any atom is 0.135 e. The average Bonchev–Trinajstić information content (AvgIpc) is 3.69. The van der Waals surface area contributed by atoms with Gasteiger partial charge in [-0.1, -0.05) is 152 Å². The lowest BCUT2D eigenvalue weighted by Crippen LogP contribution is -2.10. The van der Waals surface area contributed by atoms with Gasteiger partial charge in [0.2, 0.25) is 0 Å². The van der Waals surface area contributed by atoms with E-state index >= 15 is 0 Å². The van der Waals surface area contributed by atoms with Gasteiger partial charge in [-0.05, 0) is 116 Å². The number of hydrogen-bond acceptors (Lipinski definition) is 2. The molecular formula is C52H35NO. The van der Waals surface area contributed by atoms with Crippen molar-refractivity contribution in [2.45, 2.75) is 0 Å². The lowest BCUT2D eigenvalue weighted by atomic mass is 9.93. The SMILES string of the molecule is c1ccc(-c2cc(-c3ccccc3)cc(N(c3ccc(-c4cc5ccccc5c5ccccc45)cc3)c3cccc(-c4cc5ccccc5o4)c3)c2)cc1. The Morgan fingerprint density at radius 3 is 1.57 bits per heavy atom. The van der Waals surface area contributed by atoms with Crippen LogP contribution in [0.4, 0.5) is 17.1 Å². The van der Waals surface area contributed by atoms with Gasteiger partial charge in [0.15, 0.2) is 0 Å². The van der Waals surface area contributed by atoms with Crippen LogP contribution in [0.1, 0.15) is 0 Å². The van der Waals surface area contributed by atoms with Crippen LogP contribution in [0.3, 0.4) is 0 Å². The zero-order valence-corrected chi connectivity index (χ0v) is 29.6. The fraction of sp³-hybridized carbons (Fsp3) is 0. The van der Waals surface area contributed by atoms with Crippen molar-refractivity contribution in [3.63, 3.8) is 0 Å². The van der Waals surface area contributed by atoms with Crippen LogP contribution in [0.15, 0.2) is 217 Å². The topological polar surface area (TPSA) is 16.4 Å². The Morgan fingerprint density at radius 1 is 0.296 bits per heavy atom. The van der Waals surface area contributed by atoms with E-state index in [-0.39, 0.29) is 0 Å². The Kier molecular flexibility index (Phi) is 7.85. The molecule has 0 aliphatic heterocycles. The molecule has 54 heavy (non-hydrogen) atoms. The van der Waals surface area contributed by atoms with Crippen molar-refractivity contribution >= 4 is 49.6 Å². The molecular weight excluding hydrogens is 655 g/mol. The smallest absolute Gasteiger partial charge is 0.135 e. The minimum Gasteiger partial charge on any atom is -0.456 e. The van der Waals surface area contributed by atoms with Crippen LogP contribution in [0, 0.1) is 0 Å². The molecule has 0 radical (unpaired) electrons. The first-order valence-electron chi connectivity index (χ1n) is 18.4. The van der Waals surface area contributed by atoms with E-state index in [9.17, 15) is 0 Å². The van der Waals surface area contributed by atoms with E-state index in [4.69, 9.17) is 4.42 Å². The summed E-state index contributed by atoms with van der Waals surface area (Å²) in [6, 6.07) is 76.0. The summed E-state index contributed by atoms with van der Waals surface area (Å²) in [7, 11) is 0. The maximum atomic E-state index is 6.37. The highest BCUT2D eigenvalue weighted by molar-refractivity contribution is 6.13. The zero-order valence-electron chi connectivity index (χ0n) is 29.6. The van der Waals surface area contributed by atoms with Gasteiger partial charge in [-0.25, -0.2) is 0 Å². The molecule has 1 heterocycles. The standard InChI is InChI=1S/C52H35NO/c1-3-14-36(15-4-1)42-30-43(37-16-5-2-6-17-37)33-46(32-42)53(45-21-13-20-40(31-45)52-35-41-19-8-12-25-51(41)54-52)44-28-26-38(27-29-44)50-34-39-18-7-9-22-47(39)48-23-10-11-24-49(48)50/h1-35H. The predicted molar refractivity (Wildman–Crippen MR) is 228 cm³/mol. The minimum atomic E-state index is 0.847. The quantitative estimate of drug-likeness (QED) is 0.155. The van der Waals surface area contributed by atoms with Crippen molar-refractivity contribution < 1.29 is 4.42 Å². The summed E-state index contributed by atoms with van der Waals surface area (Å²) < 4.78 is 6.37. The molecule has 10 aromatic rings. The van der Waals surface area contributed by atoms with Gasteiger partial charge >= 0.3 is 0 Å². The number of rotatable bonds is 7. The summed E-state index contributed by atoms with van der Waals surface area (Å²) in [5, 5.41) is 6.13. The summed E-state index contributed by atoms with van der Waals surface area (Å²) in [5.74, 6) is 0.847. The maximum absolute atomic E-state index is 6.37. The first-order chi connectivity index (χ1) is 26.7. The molecule has 0 atom stereocenters. The number of nitrogens with zero attached hydrogens (tertiary/aromatic N) is 1. The molecule has 0 N–H and O–H groups in total. The second-order valence-electron chi connectivity index (χ2n) is 13.8. The van der Waals surface area contributed by atoms with Crippen molar-refractivity contribution in [2.24, 2.45) is 0 Å². The summed E-state index contributed by atoms with van der Waals surface area (Å²) in [4.78, 5) is 2.37. The van der Waals surface area contributed by atoms with Crippen LogP contribution in [0.2, 0.25) is 0 Å². The van der Waals surface area contributed by atoms with Crippen molar-refractivity contribution in [1.29, 1.82) is 0 Å². The molecule has 0 aliphatic carbocycles. The Labute approximate surface area is 314 Å². The fourth-order valence-corrected chi connectivity index (χ4v) is 7.79. The molecule has 0 bridgehead atoms. The number of hydrogen-bond donors (Lipinski definition) is 0. The number of furan rings is 1. The first kappa shape index (κ1) is 31.6. The molecule has 2 heteroatoms. The van der Waals surface area contributed by atoms with E-state index in [1.807, 2.05) is 18.2 Å². The Balaban J connectivity index is 1.16. The Morgan fingerprint density at radius 2 is 0.870 bits per heavy atom. The summed E-state index contributed by atoms with van der Waals surface area (Å²) in [5.41, 5.74) is 12.2. The van der Waals surface area contributed by atoms with Gasteiger partial charge in [0.25, 0.3) is 0 Å². The van der Waals surface area contributed by atoms with E-state index in [0.29, 0.717) is 0 Å². The van der Waals surface area contributed by atoms with Crippen LogP contribution in [-0.4, -0.2) is 0 Å². The van der Waals surface area contributed by atoms with Crippen LogP contribution in [-0.2, 0) is 0 Å². The largest absolute Gasteiger partial charge is 0.456 e. The number of para-hydroxylation sites is 1. The highest BCUT2D eigenvalue weighted by Gasteiger charge is 2.18. The molecule has 2 nitrogen and oxygen atoms in total. The second kappa shape index (κ2) is 13.4. The van der Waals surface area contributed by atoms with Gasteiger partial charge in [-0.2, -0.15) is 0 Å². The van der Waals surface area contributed by atoms with Crippen LogP contribution < -0.4 is 4.90 Å². The lowest BCUT2D eigenvalue weighted by molar-refractivity contribution is 0.631. The zero-order chi connectivity index (χ0) is 35.8. The van der Waals surface area contributed by atoms with E-state index in [0.717, 1.165) is 50.5 Å². The monoisotopic (exact) mass is 689 g/mol. The second-order valence-corrected chi connectivity index (χ2v) is 13.8. The third-order valence-corrected chi connectivity index (χ3v) is 10.4. The van der Waals surface area contributed by atoms with Crippen LogP contribution >= 0.6 is 0 Å². The van der Waals surface area contributed by atoms with Gasteiger partial charge in [-0.15, -0.1) is 0 Å². The first-order valence-corrected chi connectivity index (χ1v) is 18.4. The summed E-state index contributed by atoms with van der Waals surface area (Å²) in [6.07, 6.45) is 0. The number of anilines is 3. The summed E-state index contributed by atoms with van der Waals surface area (Å²) >= 11 is 0. The van der Waals surface area contributed by atoms with Gasteiger partial charge in [0.1, 0.15) is 11.3 Å². The Bertz CT molecular complexity index is 2830. The molecule has 0 amide bonds. The summed E-state index contributed by atoms with van der Waals surface area (Å²) in [6.45, 7) is 0. The predicted octanol–water partition coefficient (Wildman–Crippen LogP) is 14.9. The number of benzene rings is 9. The van der Waals surface area contributed by atoms with E-state index in [1.165, 1.54) is 43.8 Å². The van der Waals surface area contributed by atoms with Crippen molar-refractivity contribution in [2.75, 3.05) is 4.90 Å². The fourth-order valence-electron chi connectivity index (χ4n) is 7.79. The van der Waals surface area contributed by atoms with Gasteiger partial charge in [-0.3, -0.25) is 0 Å². The molecule has 0 spiro atoms. The lowest BCUT2D eigenvalue weighted by Gasteiger charge is -2.27. The highest BCUT2D eigenvalue weighted by Crippen LogP contribution is 2.42. The van der Waals surface area contributed by atoms with Crippen molar-refractivity contribution in [3.05, 3.63) is 212 Å². The Hall–Kier alpha value is -7.16. The normalized spacial score (nSPS) is 11.3. The molecule has 0 saturated heterocycles. The molecule has 0 unspecified atom stereocenters. The minimum absolute atomic E-state index is 0.847. The van der Waals surface area contributed by atoms with E-state index in [2.05, 4.69) is 199 Å². The molecule has 254 valence electrons. The molecule has 0 aliphatic rings. The molecule has 0 saturated carbocycles. The molecule has 9 aromatic carbocycles. The van der Waals surface area contributed by atoms with Gasteiger partial charge in [0.05, 0.1) is 0 Å². The third-order valence-electron chi connectivity index (χ3n) is 10.4. The third kappa shape index (κ3) is 5.81. The van der Waals surface area contributed by atoms with E-state index in [1.54, 1.807) is 0 Å². The highest BCUT2D eigenvalue weighted by atomic mass is 16.3. The van der Waals surface area contributed by atoms with Gasteiger partial charge in [0, 0.05) is 28.0 Å². The number of fused-ring (bicyclic) bond motifs is 4. The average molecular weight is 690 g/mol. The molecule has 10 rings (SSSR count). The molecule has 0 fully saturated rings. The van der Waals surface area contributed by atoms with Gasteiger partial charge < -0.3 is 9.32 Å². The van der Waals surface area contributed by atoms with Crippen LogP contribution in [0.25, 0.3) is 77.2 Å².